The Morgan fingerprint density at radius 3 is 2.78 bits per heavy atom. The Kier molecular flexibility index (Phi) is 5.32. The van der Waals surface area contributed by atoms with E-state index in [1.54, 1.807) is 12.6 Å². The largest absolute Gasteiger partial charge is 0.460 e. The van der Waals surface area contributed by atoms with E-state index in [-0.39, 0.29) is 0 Å². The summed E-state index contributed by atoms with van der Waals surface area (Å²) in [6, 6.07) is 11.9. The lowest BCUT2D eigenvalue weighted by Crippen LogP contribution is -2.48. The molecule has 10 nitrogen and oxygen atoms in total. The molecule has 0 atom stereocenters. The summed E-state index contributed by atoms with van der Waals surface area (Å²) in [7, 11) is 0. The maximum absolute atomic E-state index is 12.3. The van der Waals surface area contributed by atoms with Crippen molar-refractivity contribution in [1.82, 2.24) is 34.7 Å². The third-order valence-corrected chi connectivity index (χ3v) is 7.09. The van der Waals surface area contributed by atoms with Gasteiger partial charge in [-0.3, -0.25) is 9.69 Å². The van der Waals surface area contributed by atoms with Gasteiger partial charge in [0.2, 0.25) is 11.9 Å². The molecule has 5 heterocycles. The van der Waals surface area contributed by atoms with Crippen LogP contribution in [0.3, 0.4) is 0 Å². The number of H-pyrrole nitrogens is 1. The van der Waals surface area contributed by atoms with E-state index in [4.69, 9.17) is 4.42 Å². The van der Waals surface area contributed by atoms with Gasteiger partial charge in [-0.15, -0.1) is 0 Å². The minimum absolute atomic E-state index is 0.296. The third kappa shape index (κ3) is 4.40. The van der Waals surface area contributed by atoms with Gasteiger partial charge in [0.15, 0.2) is 5.58 Å². The predicted molar refractivity (Wildman–Crippen MR) is 139 cm³/mol. The second-order valence-corrected chi connectivity index (χ2v) is 9.72. The fourth-order valence-electron chi connectivity index (χ4n) is 4.95. The van der Waals surface area contributed by atoms with Crippen LogP contribution in [0.4, 0.5) is 11.8 Å². The van der Waals surface area contributed by atoms with E-state index in [1.807, 2.05) is 41.4 Å². The number of furan rings is 1. The predicted octanol–water partition coefficient (Wildman–Crippen LogP) is 3.96. The Bertz CT molecular complexity index is 1600. The first-order valence-corrected chi connectivity index (χ1v) is 12.6. The van der Waals surface area contributed by atoms with Crippen molar-refractivity contribution in [3.8, 4) is 11.3 Å². The summed E-state index contributed by atoms with van der Waals surface area (Å²) in [4.78, 5) is 37.9. The number of hydrogen-bond donors (Lipinski definition) is 2. The van der Waals surface area contributed by atoms with Crippen molar-refractivity contribution in [2.75, 3.05) is 31.5 Å². The van der Waals surface area contributed by atoms with Crippen LogP contribution in [0.15, 0.2) is 59.6 Å². The van der Waals surface area contributed by atoms with E-state index in [9.17, 15) is 4.79 Å². The molecule has 0 radical (unpaired) electrons. The van der Waals surface area contributed by atoms with E-state index in [0.717, 1.165) is 79.2 Å². The molecule has 5 aromatic rings. The smallest absolute Gasteiger partial charge is 0.225 e. The van der Waals surface area contributed by atoms with Gasteiger partial charge >= 0.3 is 0 Å². The molecule has 0 bridgehead atoms. The zero-order valence-corrected chi connectivity index (χ0v) is 20.2. The Labute approximate surface area is 212 Å². The molecule has 10 heteroatoms. The third-order valence-electron chi connectivity index (χ3n) is 7.09. The first kappa shape index (κ1) is 21.9. The number of aromatic nitrogens is 5. The van der Waals surface area contributed by atoms with Gasteiger partial charge in [0.1, 0.15) is 23.4 Å². The molecule has 1 aromatic carbocycles. The summed E-state index contributed by atoms with van der Waals surface area (Å²) < 4.78 is 5.60. The van der Waals surface area contributed by atoms with E-state index < -0.39 is 0 Å². The zero-order chi connectivity index (χ0) is 24.8. The number of pyridine rings is 1. The Morgan fingerprint density at radius 2 is 1.92 bits per heavy atom. The molecule has 37 heavy (non-hydrogen) atoms. The van der Waals surface area contributed by atoms with E-state index in [1.165, 1.54) is 5.56 Å². The minimum Gasteiger partial charge on any atom is -0.460 e. The lowest BCUT2D eigenvalue weighted by atomic mass is 10.1. The van der Waals surface area contributed by atoms with Crippen molar-refractivity contribution < 1.29 is 9.21 Å². The number of amides is 1. The quantitative estimate of drug-likeness (QED) is 0.364. The molecule has 7 rings (SSSR count). The maximum Gasteiger partial charge on any atom is 0.225 e. The van der Waals surface area contributed by atoms with Crippen molar-refractivity contribution in [2.24, 2.45) is 5.92 Å². The minimum atomic E-state index is 0.296. The highest BCUT2D eigenvalue weighted by Crippen LogP contribution is 2.31. The summed E-state index contributed by atoms with van der Waals surface area (Å²) in [5.41, 5.74) is 5.99. The number of carbonyl (C=O) groups excluding carboxylic acids is 1. The summed E-state index contributed by atoms with van der Waals surface area (Å²) in [5, 5.41) is 3.30. The molecule has 0 unspecified atom stereocenters. The highest BCUT2D eigenvalue weighted by molar-refractivity contribution is 5.91. The monoisotopic (exact) mass is 494 g/mol. The number of nitrogens with zero attached hydrogens (tertiary/aromatic N) is 6. The van der Waals surface area contributed by atoms with E-state index in [0.29, 0.717) is 23.4 Å². The molecule has 2 fully saturated rings. The lowest BCUT2D eigenvalue weighted by molar-refractivity contribution is -0.134. The van der Waals surface area contributed by atoms with Gasteiger partial charge in [0, 0.05) is 56.5 Å². The summed E-state index contributed by atoms with van der Waals surface area (Å²) in [6.07, 6.45) is 7.11. The molecular weight excluding hydrogens is 468 g/mol. The average Bonchev–Trinajstić information content (AvgIpc) is 3.52. The van der Waals surface area contributed by atoms with Gasteiger partial charge in [-0.1, -0.05) is 6.07 Å². The first-order chi connectivity index (χ1) is 18.2. The molecule has 186 valence electrons. The number of hydrogen-bond acceptors (Lipinski definition) is 8. The van der Waals surface area contributed by atoms with Crippen LogP contribution < -0.4 is 5.32 Å². The van der Waals surface area contributed by atoms with Crippen molar-refractivity contribution in [3.05, 3.63) is 60.7 Å². The molecule has 1 saturated carbocycles. The molecule has 1 aliphatic carbocycles. The first-order valence-electron chi connectivity index (χ1n) is 12.6. The standard InChI is InChI=1S/C27H26N8O2/c36-26(18-1-2-18)35-10-8-34(9-11-35)15-17-5-7-28-23(13-17)33-27-31-20-4-3-19(14-22(20)32-27)24-25-21(6-12-37-25)29-16-30-24/h3-7,12-14,16,18H,1-2,8-11,15H2,(H2,28,31,32,33). The van der Waals surface area contributed by atoms with E-state index in [2.05, 4.69) is 41.2 Å². The van der Waals surface area contributed by atoms with Crippen molar-refractivity contribution in [2.45, 2.75) is 19.4 Å². The molecule has 1 saturated heterocycles. The fourth-order valence-corrected chi connectivity index (χ4v) is 4.95. The highest BCUT2D eigenvalue weighted by Gasteiger charge is 2.34. The van der Waals surface area contributed by atoms with Crippen LogP contribution in [0, 0.1) is 5.92 Å². The number of imidazole rings is 1. The molecule has 1 aliphatic heterocycles. The Balaban J connectivity index is 1.04. The summed E-state index contributed by atoms with van der Waals surface area (Å²) in [5.74, 6) is 1.99. The number of rotatable bonds is 6. The number of carbonyl (C=O) groups is 1. The molecule has 0 spiro atoms. The van der Waals surface area contributed by atoms with Crippen molar-refractivity contribution >= 4 is 39.8 Å². The number of fused-ring (bicyclic) bond motifs is 2. The van der Waals surface area contributed by atoms with Gasteiger partial charge in [-0.05, 0) is 42.7 Å². The number of benzene rings is 1. The number of piperazine rings is 1. The maximum atomic E-state index is 12.3. The average molecular weight is 495 g/mol. The van der Waals surface area contributed by atoms with Crippen LogP contribution in [0.25, 0.3) is 33.4 Å². The molecule has 4 aromatic heterocycles. The summed E-state index contributed by atoms with van der Waals surface area (Å²) >= 11 is 0. The number of nitrogens with one attached hydrogen (secondary N) is 2. The van der Waals surface area contributed by atoms with Crippen LogP contribution >= 0.6 is 0 Å². The Morgan fingerprint density at radius 1 is 1.03 bits per heavy atom. The van der Waals surface area contributed by atoms with Crippen LogP contribution in [0.1, 0.15) is 18.4 Å². The molecule has 2 N–H and O–H groups in total. The second-order valence-electron chi connectivity index (χ2n) is 9.72. The van der Waals surface area contributed by atoms with Crippen LogP contribution in [0.5, 0.6) is 0 Å². The van der Waals surface area contributed by atoms with Crippen LogP contribution in [-0.2, 0) is 11.3 Å². The topological polar surface area (TPSA) is 116 Å². The SMILES string of the molecule is O=C(C1CC1)N1CCN(Cc2ccnc(Nc3nc4ccc(-c5ncnc6ccoc56)cc4[nH]3)c2)CC1. The highest BCUT2D eigenvalue weighted by atomic mass is 16.3. The van der Waals surface area contributed by atoms with E-state index >= 15 is 0 Å². The van der Waals surface area contributed by atoms with Crippen molar-refractivity contribution in [1.29, 1.82) is 0 Å². The molecular formula is C27H26N8O2. The van der Waals surface area contributed by atoms with Crippen LogP contribution in [0.2, 0.25) is 0 Å². The lowest BCUT2D eigenvalue weighted by Gasteiger charge is -2.34. The Hall–Kier alpha value is -4.31. The van der Waals surface area contributed by atoms with Crippen molar-refractivity contribution in [3.63, 3.8) is 0 Å². The van der Waals surface area contributed by atoms with Gasteiger partial charge in [-0.2, -0.15) is 0 Å². The van der Waals surface area contributed by atoms with Gasteiger partial charge < -0.3 is 19.6 Å². The molecule has 1 amide bonds. The van der Waals surface area contributed by atoms with Gasteiger partial charge in [0.25, 0.3) is 0 Å². The number of anilines is 2. The zero-order valence-electron chi connectivity index (χ0n) is 20.2. The fraction of sp³-hybridized carbons (Fsp3) is 0.296. The van der Waals surface area contributed by atoms with Gasteiger partial charge in [-0.25, -0.2) is 19.9 Å². The van der Waals surface area contributed by atoms with Crippen LogP contribution in [-0.4, -0.2) is 66.8 Å². The van der Waals surface area contributed by atoms with Gasteiger partial charge in [0.05, 0.1) is 17.3 Å². The molecule has 2 aliphatic rings. The second kappa shape index (κ2) is 8.97. The normalized spacial score (nSPS) is 16.5. The number of aromatic amines is 1. The summed E-state index contributed by atoms with van der Waals surface area (Å²) in [6.45, 7) is 4.24.